The Morgan fingerprint density at radius 1 is 1.33 bits per heavy atom. The maximum atomic E-state index is 5.00. The predicted molar refractivity (Wildman–Crippen MR) is 70.3 cm³/mol. The number of hydrogen-bond donors (Lipinski definition) is 0. The Labute approximate surface area is 108 Å². The smallest absolute Gasteiger partial charge is 0.316 e. The zero-order valence-corrected chi connectivity index (χ0v) is 11.1. The van der Waals surface area contributed by atoms with Gasteiger partial charge in [0.2, 0.25) is 0 Å². The van der Waals surface area contributed by atoms with Gasteiger partial charge >= 0.3 is 6.01 Å². The van der Waals surface area contributed by atoms with Crippen molar-refractivity contribution >= 4 is 5.57 Å². The van der Waals surface area contributed by atoms with Crippen molar-refractivity contribution in [2.45, 2.75) is 32.4 Å². The highest BCUT2D eigenvalue weighted by molar-refractivity contribution is 5.72. The minimum atomic E-state index is 0.434. The van der Waals surface area contributed by atoms with Gasteiger partial charge in [0.25, 0.3) is 0 Å². The monoisotopic (exact) mass is 245 g/mol. The topological polar surface area (TPSA) is 38.2 Å². The lowest BCUT2D eigenvalue weighted by atomic mass is 10.0. The second kappa shape index (κ2) is 4.35. The van der Waals surface area contributed by atoms with Gasteiger partial charge in [-0.05, 0) is 31.8 Å². The standard InChI is InChI=1S/C14H19N3O/c1-9(2)17-8-10-4-12(13(17)5-10)11-6-15-14(18-3)16-7-11/h4,6-7,9-10,13H,5,8H2,1-3H3. The number of likely N-dealkylation sites (tertiary alicyclic amines) is 1. The van der Waals surface area contributed by atoms with E-state index in [1.807, 2.05) is 12.4 Å². The van der Waals surface area contributed by atoms with E-state index in [1.54, 1.807) is 7.11 Å². The van der Waals surface area contributed by atoms with E-state index < -0.39 is 0 Å². The molecule has 1 aromatic heterocycles. The van der Waals surface area contributed by atoms with Crippen LogP contribution in [0.25, 0.3) is 5.57 Å². The van der Waals surface area contributed by atoms with Crippen LogP contribution < -0.4 is 4.74 Å². The van der Waals surface area contributed by atoms with Gasteiger partial charge in [0.1, 0.15) is 0 Å². The van der Waals surface area contributed by atoms with Crippen LogP contribution in [0.4, 0.5) is 0 Å². The van der Waals surface area contributed by atoms with E-state index in [-0.39, 0.29) is 0 Å². The number of fused-ring (bicyclic) bond motifs is 2. The summed E-state index contributed by atoms with van der Waals surface area (Å²) in [7, 11) is 1.59. The summed E-state index contributed by atoms with van der Waals surface area (Å²) in [4.78, 5) is 11.0. The van der Waals surface area contributed by atoms with Crippen LogP contribution in [0.3, 0.4) is 0 Å². The van der Waals surface area contributed by atoms with Crippen molar-refractivity contribution < 1.29 is 4.74 Å². The molecule has 3 rings (SSSR count). The van der Waals surface area contributed by atoms with E-state index in [0.717, 1.165) is 5.56 Å². The first-order chi connectivity index (χ1) is 8.69. The molecule has 4 heteroatoms. The average molecular weight is 245 g/mol. The Morgan fingerprint density at radius 3 is 2.61 bits per heavy atom. The first-order valence-corrected chi connectivity index (χ1v) is 6.53. The molecule has 0 radical (unpaired) electrons. The van der Waals surface area contributed by atoms with Gasteiger partial charge in [-0.3, -0.25) is 4.90 Å². The number of rotatable bonds is 3. The van der Waals surface area contributed by atoms with Crippen LogP contribution in [0.15, 0.2) is 18.5 Å². The molecule has 1 aliphatic carbocycles. The van der Waals surface area contributed by atoms with Crippen molar-refractivity contribution in [1.29, 1.82) is 0 Å². The van der Waals surface area contributed by atoms with E-state index in [1.165, 1.54) is 18.5 Å². The van der Waals surface area contributed by atoms with Crippen LogP contribution in [0.1, 0.15) is 25.8 Å². The lowest BCUT2D eigenvalue weighted by Crippen LogP contribution is -2.37. The minimum Gasteiger partial charge on any atom is -0.467 e. The summed E-state index contributed by atoms with van der Waals surface area (Å²) < 4.78 is 5.00. The number of nitrogens with zero attached hydrogens (tertiary/aromatic N) is 3. The third-order valence-electron chi connectivity index (χ3n) is 3.95. The largest absolute Gasteiger partial charge is 0.467 e. The summed E-state index contributed by atoms with van der Waals surface area (Å²) in [5, 5.41) is 0. The first kappa shape index (κ1) is 11.7. The van der Waals surface area contributed by atoms with Crippen LogP contribution >= 0.6 is 0 Å². The molecule has 18 heavy (non-hydrogen) atoms. The number of ether oxygens (including phenoxy) is 1. The molecule has 0 N–H and O–H groups in total. The zero-order chi connectivity index (χ0) is 12.7. The summed E-state index contributed by atoms with van der Waals surface area (Å²) in [6, 6.07) is 1.58. The molecule has 96 valence electrons. The third-order valence-corrected chi connectivity index (χ3v) is 3.95. The Bertz CT molecular complexity index is 466. The summed E-state index contributed by atoms with van der Waals surface area (Å²) >= 11 is 0. The molecule has 0 amide bonds. The zero-order valence-electron chi connectivity index (χ0n) is 11.1. The summed E-state index contributed by atoms with van der Waals surface area (Å²) in [5.74, 6) is 0.703. The van der Waals surface area contributed by atoms with Crippen LogP contribution in [-0.4, -0.2) is 40.6 Å². The summed E-state index contributed by atoms with van der Waals surface area (Å²) in [6.07, 6.45) is 7.39. The van der Waals surface area contributed by atoms with Crippen molar-refractivity contribution in [2.75, 3.05) is 13.7 Å². The van der Waals surface area contributed by atoms with E-state index in [0.29, 0.717) is 24.0 Å². The quantitative estimate of drug-likeness (QED) is 0.816. The molecule has 1 aliphatic heterocycles. The van der Waals surface area contributed by atoms with E-state index in [4.69, 9.17) is 4.74 Å². The van der Waals surface area contributed by atoms with Gasteiger partial charge in [-0.25, -0.2) is 9.97 Å². The van der Waals surface area contributed by atoms with Gasteiger partial charge in [-0.2, -0.15) is 0 Å². The van der Waals surface area contributed by atoms with E-state index in [9.17, 15) is 0 Å². The fraction of sp³-hybridized carbons (Fsp3) is 0.571. The van der Waals surface area contributed by atoms with Crippen molar-refractivity contribution in [3.8, 4) is 6.01 Å². The normalized spacial score (nSPS) is 26.8. The predicted octanol–water partition coefficient (Wildman–Crippen LogP) is 1.98. The Morgan fingerprint density at radius 2 is 2.06 bits per heavy atom. The van der Waals surface area contributed by atoms with Crippen LogP contribution in [0.2, 0.25) is 0 Å². The van der Waals surface area contributed by atoms with Crippen LogP contribution in [-0.2, 0) is 0 Å². The molecule has 0 spiro atoms. The molecule has 2 bridgehead atoms. The summed E-state index contributed by atoms with van der Waals surface area (Å²) in [6.45, 7) is 5.73. The fourth-order valence-corrected chi connectivity index (χ4v) is 3.12. The highest BCUT2D eigenvalue weighted by Gasteiger charge is 2.40. The molecular weight excluding hydrogens is 226 g/mol. The Balaban J connectivity index is 1.87. The highest BCUT2D eigenvalue weighted by atomic mass is 16.5. The number of aromatic nitrogens is 2. The lowest BCUT2D eigenvalue weighted by Gasteiger charge is -2.31. The fourth-order valence-electron chi connectivity index (χ4n) is 3.12. The van der Waals surface area contributed by atoms with Gasteiger partial charge in [-0.1, -0.05) is 6.08 Å². The average Bonchev–Trinajstić information content (AvgIpc) is 2.98. The van der Waals surface area contributed by atoms with Gasteiger partial charge in [0, 0.05) is 36.6 Å². The molecule has 4 nitrogen and oxygen atoms in total. The lowest BCUT2D eigenvalue weighted by molar-refractivity contribution is 0.231. The molecule has 0 saturated carbocycles. The SMILES string of the molecule is COc1ncc(C2=CC3CC2N(C(C)C)C3)cn1. The van der Waals surface area contributed by atoms with Gasteiger partial charge in [0.05, 0.1) is 7.11 Å². The van der Waals surface area contributed by atoms with Gasteiger partial charge in [-0.15, -0.1) is 0 Å². The maximum absolute atomic E-state index is 5.00. The van der Waals surface area contributed by atoms with Gasteiger partial charge < -0.3 is 4.74 Å². The molecule has 1 fully saturated rings. The number of methoxy groups -OCH3 is 1. The van der Waals surface area contributed by atoms with Gasteiger partial charge in [0.15, 0.2) is 0 Å². The molecule has 2 atom stereocenters. The molecule has 2 aliphatic rings. The van der Waals surface area contributed by atoms with Crippen molar-refractivity contribution in [3.63, 3.8) is 0 Å². The molecule has 2 unspecified atom stereocenters. The molecule has 1 aromatic rings. The third kappa shape index (κ3) is 1.81. The molecular formula is C14H19N3O. The van der Waals surface area contributed by atoms with Crippen LogP contribution in [0, 0.1) is 5.92 Å². The highest BCUT2D eigenvalue weighted by Crippen LogP contribution is 2.42. The second-order valence-corrected chi connectivity index (χ2v) is 5.38. The molecule has 0 aromatic carbocycles. The van der Waals surface area contributed by atoms with Crippen molar-refractivity contribution in [1.82, 2.24) is 14.9 Å². The maximum Gasteiger partial charge on any atom is 0.316 e. The van der Waals surface area contributed by atoms with Crippen molar-refractivity contribution in [3.05, 3.63) is 24.0 Å². The first-order valence-electron chi connectivity index (χ1n) is 6.53. The van der Waals surface area contributed by atoms with E-state index >= 15 is 0 Å². The Kier molecular flexibility index (Phi) is 2.82. The molecule has 1 saturated heterocycles. The summed E-state index contributed by atoms with van der Waals surface area (Å²) in [5.41, 5.74) is 2.52. The van der Waals surface area contributed by atoms with Crippen LogP contribution in [0.5, 0.6) is 6.01 Å². The van der Waals surface area contributed by atoms with E-state index in [2.05, 4.69) is 34.8 Å². The minimum absolute atomic E-state index is 0.434. The Hall–Kier alpha value is -1.42. The van der Waals surface area contributed by atoms with Crippen molar-refractivity contribution in [2.24, 2.45) is 5.92 Å². The second-order valence-electron chi connectivity index (χ2n) is 5.38. The molecule has 2 heterocycles. The number of hydrogen-bond acceptors (Lipinski definition) is 4.